The van der Waals surface area contributed by atoms with E-state index in [1.807, 2.05) is 38.1 Å². The quantitative estimate of drug-likeness (QED) is 0.819. The number of anilines is 1. The van der Waals surface area contributed by atoms with Crippen LogP contribution < -0.4 is 5.32 Å². The highest BCUT2D eigenvalue weighted by Gasteiger charge is 2.36. The van der Waals surface area contributed by atoms with Gasteiger partial charge in [-0.3, -0.25) is 4.79 Å². The third-order valence-electron chi connectivity index (χ3n) is 4.29. The molecule has 0 bridgehead atoms. The predicted molar refractivity (Wildman–Crippen MR) is 83.2 cm³/mol. The maximum Gasteiger partial charge on any atom is 0.308 e. The molecule has 2 N–H and O–H groups in total. The molecular formula is C17H25NO3. The lowest BCUT2D eigenvalue weighted by molar-refractivity contribution is -0.150. The number of esters is 1. The van der Waals surface area contributed by atoms with Crippen LogP contribution in [0.15, 0.2) is 24.3 Å². The number of rotatable bonds is 5. The minimum absolute atomic E-state index is 0.0521. The lowest BCUT2D eigenvalue weighted by Gasteiger charge is -2.35. The summed E-state index contributed by atoms with van der Waals surface area (Å²) in [5.41, 5.74) is 1.49. The Labute approximate surface area is 126 Å². The number of ether oxygens (including phenoxy) is 1. The van der Waals surface area contributed by atoms with Gasteiger partial charge < -0.3 is 15.2 Å². The van der Waals surface area contributed by atoms with Crippen LogP contribution in [-0.2, 0) is 9.53 Å². The third kappa shape index (κ3) is 4.21. The van der Waals surface area contributed by atoms with Gasteiger partial charge in [0.25, 0.3) is 0 Å². The molecule has 0 radical (unpaired) electrons. The molecule has 1 fully saturated rings. The highest BCUT2D eigenvalue weighted by molar-refractivity contribution is 5.72. The monoisotopic (exact) mass is 291 g/mol. The molecular weight excluding hydrogens is 266 g/mol. The van der Waals surface area contributed by atoms with Crippen LogP contribution in [0.25, 0.3) is 0 Å². The van der Waals surface area contributed by atoms with Crippen LogP contribution in [0.5, 0.6) is 0 Å². The SMILES string of the molecule is CCOC(=O)C1CCC(O)(CNc2ccccc2C)CC1. The fourth-order valence-corrected chi connectivity index (χ4v) is 2.86. The number of hydrogen-bond acceptors (Lipinski definition) is 4. The van der Waals surface area contributed by atoms with E-state index in [-0.39, 0.29) is 11.9 Å². The summed E-state index contributed by atoms with van der Waals surface area (Å²) in [7, 11) is 0. The zero-order valence-electron chi connectivity index (χ0n) is 12.9. The van der Waals surface area contributed by atoms with Crippen molar-refractivity contribution in [3.8, 4) is 0 Å². The number of aryl methyl sites for hydroxylation is 1. The van der Waals surface area contributed by atoms with E-state index in [9.17, 15) is 9.90 Å². The maximum atomic E-state index is 11.7. The van der Waals surface area contributed by atoms with Crippen LogP contribution in [0.2, 0.25) is 0 Å². The molecule has 1 aliphatic carbocycles. The summed E-state index contributed by atoms with van der Waals surface area (Å²) in [6, 6.07) is 8.05. The average molecular weight is 291 g/mol. The second-order valence-corrected chi connectivity index (χ2v) is 5.92. The molecule has 0 unspecified atom stereocenters. The highest BCUT2D eigenvalue weighted by atomic mass is 16.5. The molecule has 1 aliphatic rings. The van der Waals surface area contributed by atoms with Gasteiger partial charge in [-0.15, -0.1) is 0 Å². The standard InChI is InChI=1S/C17H25NO3/c1-3-21-16(19)14-8-10-17(20,11-9-14)12-18-15-7-5-4-6-13(15)2/h4-7,14,18,20H,3,8-12H2,1-2H3. The highest BCUT2D eigenvalue weighted by Crippen LogP contribution is 2.33. The summed E-state index contributed by atoms with van der Waals surface area (Å²) in [5, 5.41) is 14.0. The van der Waals surface area contributed by atoms with Crippen LogP contribution >= 0.6 is 0 Å². The molecule has 4 nitrogen and oxygen atoms in total. The summed E-state index contributed by atoms with van der Waals surface area (Å²) in [6.45, 7) is 4.81. The zero-order chi connectivity index (χ0) is 15.3. The summed E-state index contributed by atoms with van der Waals surface area (Å²) in [4.78, 5) is 11.7. The van der Waals surface area contributed by atoms with Gasteiger partial charge in [-0.25, -0.2) is 0 Å². The minimum atomic E-state index is -0.731. The van der Waals surface area contributed by atoms with Crippen molar-refractivity contribution in [1.82, 2.24) is 0 Å². The number of benzene rings is 1. The van der Waals surface area contributed by atoms with Crippen molar-refractivity contribution >= 4 is 11.7 Å². The van der Waals surface area contributed by atoms with Crippen LogP contribution in [-0.4, -0.2) is 29.8 Å². The Morgan fingerprint density at radius 2 is 2.05 bits per heavy atom. The van der Waals surface area contributed by atoms with Crippen molar-refractivity contribution in [2.45, 2.75) is 45.1 Å². The van der Waals surface area contributed by atoms with Gasteiger partial charge in [0.2, 0.25) is 0 Å². The molecule has 1 aromatic rings. The molecule has 21 heavy (non-hydrogen) atoms. The van der Waals surface area contributed by atoms with E-state index in [0.29, 0.717) is 38.8 Å². The second kappa shape index (κ2) is 6.94. The maximum absolute atomic E-state index is 11.7. The van der Waals surface area contributed by atoms with Crippen molar-refractivity contribution in [1.29, 1.82) is 0 Å². The third-order valence-corrected chi connectivity index (χ3v) is 4.29. The van der Waals surface area contributed by atoms with Crippen LogP contribution in [0.4, 0.5) is 5.69 Å². The summed E-state index contributed by atoms with van der Waals surface area (Å²) in [5.74, 6) is -0.171. The van der Waals surface area contributed by atoms with Gasteiger partial charge in [0.15, 0.2) is 0 Å². The number of nitrogens with one attached hydrogen (secondary N) is 1. The van der Waals surface area contributed by atoms with Gasteiger partial charge in [-0.05, 0) is 51.2 Å². The van der Waals surface area contributed by atoms with Crippen LogP contribution in [0.1, 0.15) is 38.2 Å². The summed E-state index contributed by atoms with van der Waals surface area (Å²) in [6.07, 6.45) is 2.67. The van der Waals surface area contributed by atoms with Gasteiger partial charge in [-0.1, -0.05) is 18.2 Å². The number of para-hydroxylation sites is 1. The lowest BCUT2D eigenvalue weighted by atomic mass is 9.78. The predicted octanol–water partition coefficient (Wildman–Crippen LogP) is 2.89. The minimum Gasteiger partial charge on any atom is -0.466 e. The molecule has 0 saturated heterocycles. The molecule has 116 valence electrons. The number of carbonyl (C=O) groups is 1. The lowest BCUT2D eigenvalue weighted by Crippen LogP contribution is -2.42. The summed E-state index contributed by atoms with van der Waals surface area (Å²) < 4.78 is 5.06. The number of aliphatic hydroxyl groups is 1. The Kier molecular flexibility index (Phi) is 5.23. The van der Waals surface area contributed by atoms with E-state index < -0.39 is 5.60 Å². The molecule has 0 atom stereocenters. The first-order chi connectivity index (χ1) is 10.0. The largest absolute Gasteiger partial charge is 0.466 e. The molecule has 4 heteroatoms. The topological polar surface area (TPSA) is 58.6 Å². The molecule has 0 heterocycles. The first-order valence-electron chi connectivity index (χ1n) is 7.72. The molecule has 2 rings (SSSR count). The molecule has 1 saturated carbocycles. The number of hydrogen-bond donors (Lipinski definition) is 2. The van der Waals surface area contributed by atoms with Gasteiger partial charge in [0.1, 0.15) is 0 Å². The Morgan fingerprint density at radius 3 is 2.67 bits per heavy atom. The van der Waals surface area contributed by atoms with Crippen molar-refractivity contribution < 1.29 is 14.6 Å². The van der Waals surface area contributed by atoms with Gasteiger partial charge in [0.05, 0.1) is 18.1 Å². The normalized spacial score (nSPS) is 25.4. The number of carbonyl (C=O) groups excluding carboxylic acids is 1. The van der Waals surface area contributed by atoms with Crippen LogP contribution in [0.3, 0.4) is 0 Å². The molecule has 1 aromatic carbocycles. The fraction of sp³-hybridized carbons (Fsp3) is 0.588. The zero-order valence-corrected chi connectivity index (χ0v) is 12.9. The van der Waals surface area contributed by atoms with Gasteiger partial charge in [-0.2, -0.15) is 0 Å². The van der Waals surface area contributed by atoms with Crippen molar-refractivity contribution in [3.63, 3.8) is 0 Å². The first kappa shape index (κ1) is 15.8. The van der Waals surface area contributed by atoms with E-state index in [0.717, 1.165) is 5.69 Å². The molecule has 0 aliphatic heterocycles. The van der Waals surface area contributed by atoms with E-state index in [1.165, 1.54) is 5.56 Å². The first-order valence-corrected chi connectivity index (χ1v) is 7.72. The van der Waals surface area contributed by atoms with Crippen molar-refractivity contribution in [3.05, 3.63) is 29.8 Å². The van der Waals surface area contributed by atoms with E-state index in [1.54, 1.807) is 0 Å². The molecule has 0 spiro atoms. The van der Waals surface area contributed by atoms with Gasteiger partial charge >= 0.3 is 5.97 Å². The van der Waals surface area contributed by atoms with Crippen molar-refractivity contribution in [2.75, 3.05) is 18.5 Å². The Balaban J connectivity index is 1.85. The second-order valence-electron chi connectivity index (χ2n) is 5.92. The fourth-order valence-electron chi connectivity index (χ4n) is 2.86. The van der Waals surface area contributed by atoms with E-state index in [4.69, 9.17) is 4.74 Å². The summed E-state index contributed by atoms with van der Waals surface area (Å²) >= 11 is 0. The Hall–Kier alpha value is -1.55. The van der Waals surface area contributed by atoms with Gasteiger partial charge in [0, 0.05) is 12.2 Å². The van der Waals surface area contributed by atoms with E-state index in [2.05, 4.69) is 5.32 Å². The molecule has 0 aromatic heterocycles. The van der Waals surface area contributed by atoms with Crippen molar-refractivity contribution in [2.24, 2.45) is 5.92 Å². The van der Waals surface area contributed by atoms with E-state index >= 15 is 0 Å². The Bertz CT molecular complexity index is 479. The molecule has 0 amide bonds. The van der Waals surface area contributed by atoms with Crippen LogP contribution in [0, 0.1) is 12.8 Å². The smallest absolute Gasteiger partial charge is 0.308 e. The average Bonchev–Trinajstić information content (AvgIpc) is 2.47. The Morgan fingerprint density at radius 1 is 1.38 bits per heavy atom.